The Labute approximate surface area is 93.1 Å². The van der Waals surface area contributed by atoms with Crippen molar-refractivity contribution < 1.29 is 0 Å². The molecular formula is C12H23N3. The normalized spacial score (nSPS) is 25.3. The highest BCUT2D eigenvalue weighted by molar-refractivity contribution is 5.06. The number of nitrogens with zero attached hydrogens (tertiary/aromatic N) is 2. The van der Waals surface area contributed by atoms with Crippen LogP contribution in [-0.2, 0) is 0 Å². The fourth-order valence-electron chi connectivity index (χ4n) is 2.44. The summed E-state index contributed by atoms with van der Waals surface area (Å²) in [4.78, 5) is 5.07. The van der Waals surface area contributed by atoms with Crippen LogP contribution in [-0.4, -0.2) is 55.7 Å². The second kappa shape index (κ2) is 5.64. The van der Waals surface area contributed by atoms with E-state index in [1.807, 2.05) is 0 Å². The van der Waals surface area contributed by atoms with E-state index in [4.69, 9.17) is 0 Å². The molecule has 2 rings (SSSR count). The van der Waals surface area contributed by atoms with Crippen molar-refractivity contribution >= 4 is 0 Å². The van der Waals surface area contributed by atoms with E-state index >= 15 is 0 Å². The molecule has 2 fully saturated rings. The summed E-state index contributed by atoms with van der Waals surface area (Å²) in [6.07, 6.45) is 5.08. The molecule has 3 nitrogen and oxygen atoms in total. The predicted molar refractivity (Wildman–Crippen MR) is 63.9 cm³/mol. The van der Waals surface area contributed by atoms with Gasteiger partial charge >= 0.3 is 0 Å². The molecule has 0 bridgehead atoms. The Morgan fingerprint density at radius 3 is 2.47 bits per heavy atom. The first-order valence-corrected chi connectivity index (χ1v) is 6.18. The van der Waals surface area contributed by atoms with Crippen LogP contribution in [0.1, 0.15) is 19.8 Å². The minimum atomic E-state index is 1.07. The van der Waals surface area contributed by atoms with Gasteiger partial charge in [0, 0.05) is 32.8 Å². The van der Waals surface area contributed by atoms with Crippen molar-refractivity contribution in [3.63, 3.8) is 0 Å². The molecule has 0 amide bonds. The average molecular weight is 209 g/mol. The monoisotopic (exact) mass is 209 g/mol. The van der Waals surface area contributed by atoms with Gasteiger partial charge in [0.05, 0.1) is 0 Å². The Morgan fingerprint density at radius 1 is 1.13 bits per heavy atom. The second-order valence-electron chi connectivity index (χ2n) is 4.64. The number of rotatable bonds is 4. The lowest BCUT2D eigenvalue weighted by molar-refractivity contribution is 0.324. The minimum absolute atomic E-state index is 1.07. The van der Waals surface area contributed by atoms with E-state index in [0.29, 0.717) is 0 Å². The lowest BCUT2D eigenvalue weighted by Crippen LogP contribution is -2.30. The van der Waals surface area contributed by atoms with Gasteiger partial charge in [0.2, 0.25) is 0 Å². The molecule has 2 saturated heterocycles. The molecule has 0 aromatic rings. The third-order valence-corrected chi connectivity index (χ3v) is 3.40. The van der Waals surface area contributed by atoms with Gasteiger partial charge in [-0.3, -0.25) is 9.80 Å². The van der Waals surface area contributed by atoms with Gasteiger partial charge in [-0.05, 0) is 38.4 Å². The Bertz CT molecular complexity index is 193. The summed E-state index contributed by atoms with van der Waals surface area (Å²) in [5.41, 5.74) is 1.58. The van der Waals surface area contributed by atoms with E-state index in [2.05, 4.69) is 28.1 Å². The Kier molecular flexibility index (Phi) is 4.18. The van der Waals surface area contributed by atoms with Crippen molar-refractivity contribution in [1.29, 1.82) is 0 Å². The highest BCUT2D eigenvalue weighted by Crippen LogP contribution is 2.11. The van der Waals surface area contributed by atoms with Crippen LogP contribution in [0.2, 0.25) is 0 Å². The molecule has 0 aromatic carbocycles. The van der Waals surface area contributed by atoms with Crippen molar-refractivity contribution in [2.24, 2.45) is 0 Å². The maximum absolute atomic E-state index is 3.38. The molecule has 0 atom stereocenters. The van der Waals surface area contributed by atoms with Crippen LogP contribution in [0.4, 0.5) is 0 Å². The molecule has 0 saturated carbocycles. The van der Waals surface area contributed by atoms with Crippen LogP contribution in [0.5, 0.6) is 0 Å². The lowest BCUT2D eigenvalue weighted by atomic mass is 10.2. The number of hydrogen-bond donors (Lipinski definition) is 1. The first kappa shape index (κ1) is 11.1. The van der Waals surface area contributed by atoms with Gasteiger partial charge in [0.15, 0.2) is 0 Å². The first-order valence-electron chi connectivity index (χ1n) is 6.18. The molecule has 0 aliphatic carbocycles. The standard InChI is InChI=1S/C12H23N3/c1-2-12(9-14-6-3-4-7-14)10-15-8-5-13-11-15/h2,13H,3-11H2,1H3. The third kappa shape index (κ3) is 3.30. The van der Waals surface area contributed by atoms with Crippen molar-refractivity contribution in [3.8, 4) is 0 Å². The van der Waals surface area contributed by atoms with Crippen LogP contribution in [0.3, 0.4) is 0 Å². The summed E-state index contributed by atoms with van der Waals surface area (Å²) in [5.74, 6) is 0. The third-order valence-electron chi connectivity index (χ3n) is 3.40. The predicted octanol–water partition coefficient (Wildman–Crippen LogP) is 0.891. The van der Waals surface area contributed by atoms with E-state index in [9.17, 15) is 0 Å². The van der Waals surface area contributed by atoms with E-state index < -0.39 is 0 Å². The largest absolute Gasteiger partial charge is 0.303 e. The zero-order valence-electron chi connectivity index (χ0n) is 9.84. The topological polar surface area (TPSA) is 18.5 Å². The summed E-state index contributed by atoms with van der Waals surface area (Å²) in [6, 6.07) is 0. The highest BCUT2D eigenvalue weighted by atomic mass is 15.3. The smallest absolute Gasteiger partial charge is 0.0484 e. The molecule has 0 radical (unpaired) electrons. The zero-order chi connectivity index (χ0) is 10.5. The number of hydrogen-bond acceptors (Lipinski definition) is 3. The molecule has 2 aliphatic rings. The molecule has 2 heterocycles. The number of nitrogens with one attached hydrogen (secondary N) is 1. The summed E-state index contributed by atoms with van der Waals surface area (Å²) in [5, 5.41) is 3.38. The number of allylic oxidation sites excluding steroid dienone is 1. The maximum Gasteiger partial charge on any atom is 0.0484 e. The minimum Gasteiger partial charge on any atom is -0.303 e. The van der Waals surface area contributed by atoms with E-state index in [1.54, 1.807) is 5.57 Å². The Balaban J connectivity index is 1.76. The van der Waals surface area contributed by atoms with Gasteiger partial charge in [-0.2, -0.15) is 0 Å². The molecule has 3 heteroatoms. The van der Waals surface area contributed by atoms with Gasteiger partial charge in [-0.1, -0.05) is 6.08 Å². The van der Waals surface area contributed by atoms with Crippen LogP contribution >= 0.6 is 0 Å². The van der Waals surface area contributed by atoms with Crippen LogP contribution in [0.15, 0.2) is 11.6 Å². The summed E-state index contributed by atoms with van der Waals surface area (Å²) in [6.45, 7) is 10.5. The quantitative estimate of drug-likeness (QED) is 0.694. The maximum atomic E-state index is 3.38. The van der Waals surface area contributed by atoms with Crippen molar-refractivity contribution in [1.82, 2.24) is 15.1 Å². The molecule has 86 valence electrons. The van der Waals surface area contributed by atoms with Crippen molar-refractivity contribution in [3.05, 3.63) is 11.6 Å². The molecule has 15 heavy (non-hydrogen) atoms. The van der Waals surface area contributed by atoms with Gasteiger partial charge in [0.1, 0.15) is 0 Å². The van der Waals surface area contributed by atoms with Crippen molar-refractivity contribution in [2.75, 3.05) is 45.9 Å². The molecule has 0 aromatic heterocycles. The molecule has 0 spiro atoms. The van der Waals surface area contributed by atoms with Crippen LogP contribution in [0, 0.1) is 0 Å². The molecule has 0 unspecified atom stereocenters. The average Bonchev–Trinajstić information content (AvgIpc) is 2.89. The summed E-state index contributed by atoms with van der Waals surface area (Å²) in [7, 11) is 0. The van der Waals surface area contributed by atoms with E-state index in [-0.39, 0.29) is 0 Å². The summed E-state index contributed by atoms with van der Waals surface area (Å²) >= 11 is 0. The Morgan fingerprint density at radius 2 is 1.87 bits per heavy atom. The molecular weight excluding hydrogens is 186 g/mol. The zero-order valence-corrected chi connectivity index (χ0v) is 9.84. The molecule has 2 aliphatic heterocycles. The van der Waals surface area contributed by atoms with Gasteiger partial charge in [-0.25, -0.2) is 0 Å². The van der Waals surface area contributed by atoms with Gasteiger partial charge in [0.25, 0.3) is 0 Å². The highest BCUT2D eigenvalue weighted by Gasteiger charge is 2.16. The fraction of sp³-hybridized carbons (Fsp3) is 0.833. The van der Waals surface area contributed by atoms with E-state index in [0.717, 1.165) is 19.8 Å². The summed E-state index contributed by atoms with van der Waals surface area (Å²) < 4.78 is 0. The Hall–Kier alpha value is -0.380. The second-order valence-corrected chi connectivity index (χ2v) is 4.64. The van der Waals surface area contributed by atoms with Crippen LogP contribution < -0.4 is 5.32 Å². The first-order chi connectivity index (χ1) is 7.38. The SMILES string of the molecule is CC=C(CN1CCCC1)CN1CCNC1. The van der Waals surface area contributed by atoms with Gasteiger partial charge < -0.3 is 5.32 Å². The van der Waals surface area contributed by atoms with E-state index in [1.165, 1.54) is 39.0 Å². The van der Waals surface area contributed by atoms with Crippen LogP contribution in [0.25, 0.3) is 0 Å². The van der Waals surface area contributed by atoms with Gasteiger partial charge in [-0.15, -0.1) is 0 Å². The number of likely N-dealkylation sites (tertiary alicyclic amines) is 1. The fourth-order valence-corrected chi connectivity index (χ4v) is 2.44. The van der Waals surface area contributed by atoms with Crippen molar-refractivity contribution in [2.45, 2.75) is 19.8 Å². The molecule has 1 N–H and O–H groups in total. The lowest BCUT2D eigenvalue weighted by Gasteiger charge is -2.21.